The van der Waals surface area contributed by atoms with Crippen LogP contribution < -0.4 is 56.5 Å². The van der Waals surface area contributed by atoms with Crippen LogP contribution >= 0.6 is 0 Å². The molecule has 0 fully saturated rings. The zero-order valence-electron chi connectivity index (χ0n) is 7.53. The van der Waals surface area contributed by atoms with Gasteiger partial charge >= 0.3 is 51.4 Å². The van der Waals surface area contributed by atoms with Gasteiger partial charge in [-0.2, -0.15) is 10.5 Å². The number of Topliss-reactive ketones (excluding diaryl/α,β-unsaturated/α-hetero) is 1. The number of nitrogens with zero attached hydrogens (tertiary/aromatic N) is 2. The number of carboxylic acids is 1. The molecule has 0 amide bonds. The first-order valence-electron chi connectivity index (χ1n) is 2.97. The first kappa shape index (κ1) is 18.5. The van der Waals surface area contributed by atoms with E-state index < -0.39 is 12.4 Å². The van der Waals surface area contributed by atoms with Crippen LogP contribution in [-0.2, 0) is 9.59 Å². The van der Waals surface area contributed by atoms with Gasteiger partial charge in [0.15, 0.2) is 0 Å². The van der Waals surface area contributed by atoms with E-state index in [1.165, 1.54) is 13.0 Å². The van der Waals surface area contributed by atoms with Crippen LogP contribution in [0.2, 0.25) is 0 Å². The van der Waals surface area contributed by atoms with Crippen molar-refractivity contribution in [1.29, 1.82) is 10.5 Å². The standard InChI is InChI=1S/C4H5NO.C3H3NO2.K/c1-4(6)2-3-5;4-2-1-3(5)6;/h2H2,1H3;1H2,(H,5,6);/q;;+1/p-1. The third-order valence-corrected chi connectivity index (χ3v) is 0.551. The maximum atomic E-state index is 9.82. The molecule has 0 bridgehead atoms. The van der Waals surface area contributed by atoms with Gasteiger partial charge in [0.25, 0.3) is 0 Å². The van der Waals surface area contributed by atoms with Gasteiger partial charge in [-0.1, -0.05) is 0 Å². The van der Waals surface area contributed by atoms with Crippen molar-refractivity contribution in [2.24, 2.45) is 0 Å². The summed E-state index contributed by atoms with van der Waals surface area (Å²) in [6.45, 7) is 1.39. The molecule has 0 aromatic heterocycles. The number of hydrogen-bond acceptors (Lipinski definition) is 5. The van der Waals surface area contributed by atoms with Gasteiger partial charge in [0.05, 0.1) is 30.9 Å². The monoisotopic (exact) mass is 206 g/mol. The number of carboxylic acid groups (broad SMARTS) is 1. The minimum atomic E-state index is -1.32. The molecule has 0 aromatic carbocycles. The second kappa shape index (κ2) is 14.3. The van der Waals surface area contributed by atoms with Crippen LogP contribution in [0.1, 0.15) is 19.8 Å². The molecule has 0 spiro atoms. The fourth-order valence-corrected chi connectivity index (χ4v) is 0.176. The van der Waals surface area contributed by atoms with Crippen molar-refractivity contribution in [3.8, 4) is 12.1 Å². The van der Waals surface area contributed by atoms with Crippen LogP contribution in [0.5, 0.6) is 0 Å². The largest absolute Gasteiger partial charge is 1.00 e. The molecule has 64 valence electrons. The molecule has 0 unspecified atom stereocenters. The van der Waals surface area contributed by atoms with Crippen LogP contribution in [0.3, 0.4) is 0 Å². The molecule has 0 aliphatic carbocycles. The second-order valence-corrected chi connectivity index (χ2v) is 1.74. The van der Waals surface area contributed by atoms with E-state index in [1.54, 1.807) is 6.07 Å². The first-order valence-corrected chi connectivity index (χ1v) is 2.97. The predicted octanol–water partition coefficient (Wildman–Crippen LogP) is -3.86. The van der Waals surface area contributed by atoms with Crippen LogP contribution in [0, 0.1) is 22.7 Å². The Morgan fingerprint density at radius 2 is 1.62 bits per heavy atom. The van der Waals surface area contributed by atoms with Crippen molar-refractivity contribution in [2.75, 3.05) is 0 Å². The molecule has 0 saturated heterocycles. The topological polar surface area (TPSA) is 105 Å². The normalized spacial score (nSPS) is 6.08. The molecule has 0 aliphatic heterocycles. The van der Waals surface area contributed by atoms with Gasteiger partial charge in [-0.15, -0.1) is 0 Å². The summed E-state index contributed by atoms with van der Waals surface area (Å²) >= 11 is 0. The Labute approximate surface area is 119 Å². The molecule has 6 heteroatoms. The molecule has 0 radical (unpaired) electrons. The average Bonchev–Trinajstić information content (AvgIpc) is 1.87. The first-order chi connectivity index (χ1) is 5.54. The molecule has 13 heavy (non-hydrogen) atoms. The van der Waals surface area contributed by atoms with Crippen molar-refractivity contribution in [3.63, 3.8) is 0 Å². The number of nitriles is 2. The summed E-state index contributed by atoms with van der Waals surface area (Å²) in [6.07, 6.45) is -0.472. The smallest absolute Gasteiger partial charge is 0.549 e. The van der Waals surface area contributed by atoms with Crippen molar-refractivity contribution in [1.82, 2.24) is 0 Å². The Hall–Kier alpha value is -0.244. The zero-order chi connectivity index (χ0) is 9.98. The third kappa shape index (κ3) is 33.8. The molecule has 0 heterocycles. The fourth-order valence-electron chi connectivity index (χ4n) is 0.176. The van der Waals surface area contributed by atoms with E-state index in [-0.39, 0.29) is 63.6 Å². The summed E-state index contributed by atoms with van der Waals surface area (Å²) in [7, 11) is 0. The molecule has 0 atom stereocenters. The van der Waals surface area contributed by atoms with E-state index in [2.05, 4.69) is 0 Å². The summed E-state index contributed by atoms with van der Waals surface area (Å²) in [5, 5.41) is 24.6. The van der Waals surface area contributed by atoms with Crippen molar-refractivity contribution >= 4 is 11.8 Å². The Morgan fingerprint density at radius 1 is 1.23 bits per heavy atom. The fraction of sp³-hybridized carbons (Fsp3) is 0.429. The average molecular weight is 206 g/mol. The molecule has 0 aromatic rings. The molecule has 0 saturated carbocycles. The molecule has 0 rings (SSSR count). The van der Waals surface area contributed by atoms with Crippen LogP contribution in [0.15, 0.2) is 0 Å². The minimum absolute atomic E-state index is 0. The van der Waals surface area contributed by atoms with Crippen molar-refractivity contribution < 1.29 is 66.1 Å². The van der Waals surface area contributed by atoms with E-state index in [0.29, 0.717) is 0 Å². The Morgan fingerprint density at radius 3 is 1.62 bits per heavy atom. The summed E-state index contributed by atoms with van der Waals surface area (Å²) in [6, 6.07) is 3.12. The second-order valence-electron chi connectivity index (χ2n) is 1.74. The van der Waals surface area contributed by atoms with Gasteiger partial charge in [-0.25, -0.2) is 0 Å². The molecular formula is C7H7KN2O3. The van der Waals surface area contributed by atoms with Gasteiger partial charge in [0.1, 0.15) is 5.78 Å². The van der Waals surface area contributed by atoms with E-state index in [0.717, 1.165) is 0 Å². The zero-order valence-corrected chi connectivity index (χ0v) is 10.7. The van der Waals surface area contributed by atoms with E-state index >= 15 is 0 Å². The van der Waals surface area contributed by atoms with E-state index in [9.17, 15) is 14.7 Å². The van der Waals surface area contributed by atoms with Crippen molar-refractivity contribution in [2.45, 2.75) is 19.8 Å². The van der Waals surface area contributed by atoms with Crippen molar-refractivity contribution in [3.05, 3.63) is 0 Å². The summed E-state index contributed by atoms with van der Waals surface area (Å²) in [4.78, 5) is 19.1. The van der Waals surface area contributed by atoms with Gasteiger partial charge in [0.2, 0.25) is 0 Å². The van der Waals surface area contributed by atoms with Gasteiger partial charge in [-0.05, 0) is 6.92 Å². The van der Waals surface area contributed by atoms with E-state index in [4.69, 9.17) is 10.5 Å². The number of aliphatic carboxylic acids is 1. The SMILES string of the molecule is CC(=O)CC#N.N#CCC(=O)[O-].[K+]. The minimum Gasteiger partial charge on any atom is -0.549 e. The summed E-state index contributed by atoms with van der Waals surface area (Å²) in [5.74, 6) is -1.39. The maximum Gasteiger partial charge on any atom is 1.00 e. The summed E-state index contributed by atoms with van der Waals surface area (Å²) < 4.78 is 0. The predicted molar refractivity (Wildman–Crippen MR) is 36.1 cm³/mol. The molecule has 0 aliphatic rings. The Bertz CT molecular complexity index is 213. The number of hydrogen-bond donors (Lipinski definition) is 0. The van der Waals surface area contributed by atoms with Gasteiger partial charge in [-0.3, -0.25) is 4.79 Å². The molecular weight excluding hydrogens is 199 g/mol. The molecule has 0 N–H and O–H groups in total. The molecule has 5 nitrogen and oxygen atoms in total. The third-order valence-electron chi connectivity index (χ3n) is 0.551. The Kier molecular flexibility index (Phi) is 20.4. The number of carbonyl (C=O) groups excluding carboxylic acids is 2. The van der Waals surface area contributed by atoms with Crippen LogP contribution in [-0.4, -0.2) is 11.8 Å². The van der Waals surface area contributed by atoms with Crippen LogP contribution in [0.25, 0.3) is 0 Å². The van der Waals surface area contributed by atoms with Gasteiger partial charge in [0, 0.05) is 0 Å². The Balaban J connectivity index is -0.000000143. The van der Waals surface area contributed by atoms with Crippen LogP contribution in [0.4, 0.5) is 0 Å². The quantitative estimate of drug-likeness (QED) is 0.430. The number of rotatable bonds is 2. The van der Waals surface area contributed by atoms with E-state index in [1.807, 2.05) is 0 Å². The van der Waals surface area contributed by atoms with Gasteiger partial charge < -0.3 is 9.90 Å². The summed E-state index contributed by atoms with van der Waals surface area (Å²) in [5.41, 5.74) is 0. The number of ketones is 1. The maximum absolute atomic E-state index is 9.82. The number of carbonyl (C=O) groups is 2.